The van der Waals surface area contributed by atoms with E-state index in [0.29, 0.717) is 45.2 Å². The van der Waals surface area contributed by atoms with Crippen molar-refractivity contribution < 1.29 is 39.0 Å². The predicted octanol–water partition coefficient (Wildman–Crippen LogP) is -0.922. The average molecular weight is 688 g/mol. The third-order valence-corrected chi connectivity index (χ3v) is 9.31. The molecule has 0 spiro atoms. The number of amides is 5. The Hall–Kier alpha value is -4.08. The molecule has 1 aromatic rings. The highest BCUT2D eigenvalue weighted by Crippen LogP contribution is 2.20. The number of nitrogens with one attached hydrogen (secondary N) is 4. The van der Waals surface area contributed by atoms with Crippen LogP contribution in [0.1, 0.15) is 70.8 Å². The minimum Gasteiger partial charge on any atom is -0.508 e. The number of nitrogens with two attached hydrogens (primary N) is 1. The lowest BCUT2D eigenvalue weighted by atomic mass is 10.0. The number of nitrogens with zero attached hydrogens (tertiary/aromatic N) is 2. The van der Waals surface area contributed by atoms with Crippen molar-refractivity contribution in [2.45, 2.75) is 114 Å². The van der Waals surface area contributed by atoms with Gasteiger partial charge in [-0.3, -0.25) is 24.0 Å². The molecule has 0 saturated carbocycles. The SMILES string of the molecule is CCC(NC(=O)C(N)CCCNC(=O)C1CCCN1C(=O)C(CC)NC(=O)C(NC)[C@H](O)Cc1ccc(O)cc1)C(=O)N1CCCC1C=O. The van der Waals surface area contributed by atoms with E-state index in [1.165, 1.54) is 29.0 Å². The van der Waals surface area contributed by atoms with E-state index in [0.717, 1.165) is 18.3 Å². The Morgan fingerprint density at radius 1 is 0.939 bits per heavy atom. The number of rotatable bonds is 18. The monoisotopic (exact) mass is 687 g/mol. The largest absolute Gasteiger partial charge is 0.508 e. The fourth-order valence-corrected chi connectivity index (χ4v) is 6.40. The van der Waals surface area contributed by atoms with Gasteiger partial charge in [0.1, 0.15) is 36.2 Å². The fraction of sp³-hybridized carbons (Fsp3) is 0.647. The van der Waals surface area contributed by atoms with Gasteiger partial charge < -0.3 is 51.8 Å². The first-order chi connectivity index (χ1) is 23.4. The summed E-state index contributed by atoms with van der Waals surface area (Å²) in [7, 11) is 1.54. The zero-order valence-corrected chi connectivity index (χ0v) is 28.7. The van der Waals surface area contributed by atoms with E-state index in [1.807, 2.05) is 0 Å². The summed E-state index contributed by atoms with van der Waals surface area (Å²) in [5.41, 5.74) is 6.81. The van der Waals surface area contributed by atoms with Gasteiger partial charge in [0.2, 0.25) is 29.5 Å². The molecule has 272 valence electrons. The van der Waals surface area contributed by atoms with E-state index in [4.69, 9.17) is 5.73 Å². The van der Waals surface area contributed by atoms with Crippen molar-refractivity contribution in [3.8, 4) is 5.75 Å². The van der Waals surface area contributed by atoms with E-state index in [9.17, 15) is 39.0 Å². The minimum absolute atomic E-state index is 0.0908. The Bertz CT molecular complexity index is 1300. The fourth-order valence-electron chi connectivity index (χ4n) is 6.40. The summed E-state index contributed by atoms with van der Waals surface area (Å²) in [6.07, 6.45) is 3.50. The first kappa shape index (κ1) is 39.4. The van der Waals surface area contributed by atoms with Crippen LogP contribution in [0, 0.1) is 0 Å². The second kappa shape index (κ2) is 19.2. The highest BCUT2D eigenvalue weighted by Gasteiger charge is 2.38. The summed E-state index contributed by atoms with van der Waals surface area (Å²) in [6, 6.07) is 1.52. The molecule has 2 aliphatic heterocycles. The molecule has 5 amide bonds. The molecule has 15 nitrogen and oxygen atoms in total. The molecule has 2 fully saturated rings. The van der Waals surface area contributed by atoms with Crippen molar-refractivity contribution in [3.05, 3.63) is 29.8 Å². The summed E-state index contributed by atoms with van der Waals surface area (Å²) in [5.74, 6) is -1.96. The molecule has 2 heterocycles. The van der Waals surface area contributed by atoms with Crippen LogP contribution < -0.4 is 27.0 Å². The first-order valence-electron chi connectivity index (χ1n) is 17.3. The lowest BCUT2D eigenvalue weighted by Crippen LogP contribution is -2.58. The molecule has 3 rings (SSSR count). The van der Waals surface area contributed by atoms with Crippen molar-refractivity contribution in [1.29, 1.82) is 0 Å². The smallest absolute Gasteiger partial charge is 0.245 e. The zero-order valence-electron chi connectivity index (χ0n) is 28.7. The molecule has 0 radical (unpaired) electrons. The summed E-state index contributed by atoms with van der Waals surface area (Å²) < 4.78 is 0. The molecule has 8 N–H and O–H groups in total. The molecule has 0 bridgehead atoms. The molecule has 15 heteroatoms. The van der Waals surface area contributed by atoms with E-state index < -0.39 is 54.2 Å². The molecule has 1 aromatic carbocycles. The number of likely N-dealkylation sites (N-methyl/N-ethyl adjacent to an activating group) is 1. The molecule has 49 heavy (non-hydrogen) atoms. The van der Waals surface area contributed by atoms with Crippen LogP contribution in [0.25, 0.3) is 0 Å². The van der Waals surface area contributed by atoms with Crippen LogP contribution in [0.5, 0.6) is 5.75 Å². The van der Waals surface area contributed by atoms with Crippen molar-refractivity contribution >= 4 is 35.8 Å². The van der Waals surface area contributed by atoms with Gasteiger partial charge in [0.15, 0.2) is 0 Å². The van der Waals surface area contributed by atoms with Crippen LogP contribution in [0.15, 0.2) is 24.3 Å². The van der Waals surface area contributed by atoms with Gasteiger partial charge in [-0.05, 0) is 76.1 Å². The standard InChI is InChI=1S/C34H53N7O8/c1-4-25(33(48)40-17-7-9-22(40)20-42)38-30(45)24(35)10-6-16-37-31(46)27-11-8-18-41(27)34(49)26(5-2)39-32(47)29(36-3)28(44)19-21-12-14-23(43)15-13-21/h12-15,20,22,24-29,36,43-44H,4-11,16-19,35H2,1-3H3,(H,37,46)(H,38,45)(H,39,47)/t22?,24?,25?,26?,27?,28-,29?/m1/s1. The summed E-state index contributed by atoms with van der Waals surface area (Å²) in [6.45, 7) is 4.58. The number of aromatic hydroxyl groups is 1. The summed E-state index contributed by atoms with van der Waals surface area (Å²) in [4.78, 5) is 79.7. The highest BCUT2D eigenvalue weighted by atomic mass is 16.3. The van der Waals surface area contributed by atoms with Gasteiger partial charge >= 0.3 is 0 Å². The van der Waals surface area contributed by atoms with Crippen molar-refractivity contribution in [2.24, 2.45) is 5.73 Å². The number of carbonyl (C=O) groups is 6. The number of hydrogen-bond acceptors (Lipinski definition) is 10. The molecular weight excluding hydrogens is 634 g/mol. The summed E-state index contributed by atoms with van der Waals surface area (Å²) >= 11 is 0. The van der Waals surface area contributed by atoms with E-state index in [-0.39, 0.29) is 49.3 Å². The molecule has 6 unspecified atom stereocenters. The molecule has 0 aromatic heterocycles. The molecule has 7 atom stereocenters. The van der Waals surface area contributed by atoms with Gasteiger partial charge in [0.05, 0.1) is 18.2 Å². The molecule has 2 aliphatic rings. The van der Waals surface area contributed by atoms with Gasteiger partial charge in [-0.1, -0.05) is 26.0 Å². The number of aliphatic hydroxyl groups is 1. The quantitative estimate of drug-likeness (QED) is 0.0743. The lowest BCUT2D eigenvalue weighted by Gasteiger charge is -2.30. The summed E-state index contributed by atoms with van der Waals surface area (Å²) in [5, 5.41) is 31.3. The number of benzene rings is 1. The van der Waals surface area contributed by atoms with Crippen LogP contribution in [0.3, 0.4) is 0 Å². The third-order valence-electron chi connectivity index (χ3n) is 9.31. The third kappa shape index (κ3) is 10.7. The maximum absolute atomic E-state index is 13.5. The van der Waals surface area contributed by atoms with Gasteiger partial charge in [0, 0.05) is 26.1 Å². The van der Waals surface area contributed by atoms with E-state index in [1.54, 1.807) is 26.0 Å². The van der Waals surface area contributed by atoms with E-state index in [2.05, 4.69) is 21.3 Å². The normalized spacial score (nSPS) is 20.5. The number of aliphatic hydroxyl groups excluding tert-OH is 1. The second-order valence-electron chi connectivity index (χ2n) is 12.7. The average Bonchev–Trinajstić information content (AvgIpc) is 3.79. The Kier molecular flexibility index (Phi) is 15.4. The minimum atomic E-state index is -1.10. The van der Waals surface area contributed by atoms with Crippen molar-refractivity contribution in [2.75, 3.05) is 26.7 Å². The van der Waals surface area contributed by atoms with Crippen LogP contribution in [0.2, 0.25) is 0 Å². The van der Waals surface area contributed by atoms with Gasteiger partial charge in [-0.25, -0.2) is 0 Å². The van der Waals surface area contributed by atoms with Crippen LogP contribution >= 0.6 is 0 Å². The van der Waals surface area contributed by atoms with Gasteiger partial charge in [-0.2, -0.15) is 0 Å². The molecular formula is C34H53N7O8. The van der Waals surface area contributed by atoms with Crippen LogP contribution in [-0.2, 0) is 35.2 Å². The number of likely N-dealkylation sites (tertiary alicyclic amines) is 2. The number of carbonyl (C=O) groups excluding carboxylic acids is 6. The number of aldehydes is 1. The van der Waals surface area contributed by atoms with Crippen LogP contribution in [0.4, 0.5) is 0 Å². The second-order valence-corrected chi connectivity index (χ2v) is 12.7. The van der Waals surface area contributed by atoms with Gasteiger partial charge in [-0.15, -0.1) is 0 Å². The lowest BCUT2D eigenvalue weighted by molar-refractivity contribution is -0.142. The number of phenols is 1. The zero-order chi connectivity index (χ0) is 36.1. The maximum Gasteiger partial charge on any atom is 0.245 e. The van der Waals surface area contributed by atoms with Gasteiger partial charge in [0.25, 0.3) is 0 Å². The highest BCUT2D eigenvalue weighted by molar-refractivity contribution is 5.94. The topological polar surface area (TPSA) is 223 Å². The van der Waals surface area contributed by atoms with E-state index >= 15 is 0 Å². The Morgan fingerprint density at radius 2 is 1.53 bits per heavy atom. The first-order valence-corrected chi connectivity index (χ1v) is 17.3. The predicted molar refractivity (Wildman–Crippen MR) is 181 cm³/mol. The Labute approximate surface area is 287 Å². The molecule has 0 aliphatic carbocycles. The van der Waals surface area contributed by atoms with Crippen LogP contribution in [-0.4, -0.2) is 125 Å². The molecule has 2 saturated heterocycles. The maximum atomic E-state index is 13.5. The van der Waals surface area contributed by atoms with Crippen molar-refractivity contribution in [1.82, 2.24) is 31.1 Å². The van der Waals surface area contributed by atoms with Crippen molar-refractivity contribution in [3.63, 3.8) is 0 Å². The number of hydrogen-bond donors (Lipinski definition) is 7. The Morgan fingerprint density at radius 3 is 2.14 bits per heavy atom. The Balaban J connectivity index is 1.46. The number of phenolic OH excluding ortho intramolecular Hbond substituents is 1.